The predicted octanol–water partition coefficient (Wildman–Crippen LogP) is 6.40. The zero-order valence-corrected chi connectivity index (χ0v) is 19.7. The molecule has 3 aromatic rings. The number of carbonyl (C=O) groups is 2. The average molecular weight is 580 g/mol. The molecule has 0 bridgehead atoms. The zero-order chi connectivity index (χ0) is 28.9. The number of alkyl halides is 6. The molecular formula is C24H14ClF8N3O3. The molecule has 1 heterocycles. The molecule has 0 saturated heterocycles. The van der Waals surface area contributed by atoms with E-state index in [4.69, 9.17) is 11.6 Å². The number of hydrogen-bond donors (Lipinski definition) is 4. The largest absolute Gasteiger partial charge is 0.505 e. The molecular weight excluding hydrogens is 566 g/mol. The minimum Gasteiger partial charge on any atom is -0.505 e. The molecule has 206 valence electrons. The smallest absolute Gasteiger partial charge is 0.416 e. The molecule has 4 rings (SSSR count). The molecule has 0 saturated carbocycles. The number of phenolic OH excluding ortho intramolecular Hbond substituents is 1. The Kier molecular flexibility index (Phi) is 7.10. The number of phenols is 1. The fourth-order valence-electron chi connectivity index (χ4n) is 3.97. The third-order valence-corrected chi connectivity index (χ3v) is 5.96. The molecule has 2 amide bonds. The maximum absolute atomic E-state index is 14.0. The second-order valence-electron chi connectivity index (χ2n) is 8.33. The molecule has 1 unspecified atom stereocenters. The standard InChI is InChI=1S/C24H14ClF8N3O3/c25-14-2-1-11(26)6-13(14)19-17-15(35-21(38)9-3-10(24(31,32)33)5-12(27)4-9)7-16(34-8-23(28,29)30)20(37)18(17)22(39)36-19/h1-7,19,34,37H,8H2,(H,35,38)(H,36,39). The summed E-state index contributed by atoms with van der Waals surface area (Å²) in [5.41, 5.74) is -4.39. The van der Waals surface area contributed by atoms with Gasteiger partial charge in [0.25, 0.3) is 11.8 Å². The van der Waals surface area contributed by atoms with Gasteiger partial charge in [-0.15, -0.1) is 0 Å². The molecule has 1 aliphatic heterocycles. The van der Waals surface area contributed by atoms with E-state index in [1.807, 2.05) is 5.32 Å². The summed E-state index contributed by atoms with van der Waals surface area (Å²) >= 11 is 6.14. The molecule has 0 aromatic heterocycles. The third kappa shape index (κ3) is 5.85. The topological polar surface area (TPSA) is 90.5 Å². The first-order chi connectivity index (χ1) is 18.0. The van der Waals surface area contributed by atoms with E-state index >= 15 is 0 Å². The number of amides is 2. The Morgan fingerprint density at radius 3 is 2.31 bits per heavy atom. The van der Waals surface area contributed by atoms with Crippen molar-refractivity contribution in [2.24, 2.45) is 0 Å². The number of nitrogens with one attached hydrogen (secondary N) is 3. The first-order valence-corrected chi connectivity index (χ1v) is 11.1. The van der Waals surface area contributed by atoms with Crippen LogP contribution in [-0.2, 0) is 6.18 Å². The van der Waals surface area contributed by atoms with Gasteiger partial charge < -0.3 is 21.1 Å². The molecule has 3 aromatic carbocycles. The van der Waals surface area contributed by atoms with Gasteiger partial charge in [-0.25, -0.2) is 8.78 Å². The Bertz CT molecular complexity index is 1490. The Balaban J connectivity index is 1.86. The van der Waals surface area contributed by atoms with E-state index in [1.54, 1.807) is 0 Å². The van der Waals surface area contributed by atoms with Crippen LogP contribution in [0, 0.1) is 11.6 Å². The number of carbonyl (C=O) groups excluding carboxylic acids is 2. The van der Waals surface area contributed by atoms with Gasteiger partial charge in [0.05, 0.1) is 22.9 Å². The lowest BCUT2D eigenvalue weighted by Gasteiger charge is -2.20. The van der Waals surface area contributed by atoms with Crippen LogP contribution in [0.1, 0.15) is 43.4 Å². The highest BCUT2D eigenvalue weighted by atomic mass is 35.5. The number of rotatable bonds is 5. The molecule has 1 aliphatic rings. The lowest BCUT2D eigenvalue weighted by molar-refractivity contribution is -0.137. The molecule has 15 heteroatoms. The van der Waals surface area contributed by atoms with Crippen LogP contribution in [0.15, 0.2) is 42.5 Å². The zero-order valence-electron chi connectivity index (χ0n) is 19.0. The van der Waals surface area contributed by atoms with Crippen LogP contribution in [-0.4, -0.2) is 29.6 Å². The maximum Gasteiger partial charge on any atom is 0.416 e. The van der Waals surface area contributed by atoms with E-state index in [0.29, 0.717) is 12.1 Å². The number of aromatic hydroxyl groups is 1. The van der Waals surface area contributed by atoms with Crippen LogP contribution in [0.25, 0.3) is 0 Å². The SMILES string of the molecule is O=C(Nc1cc(NCC(F)(F)F)c(O)c2c1C(c1cc(F)ccc1Cl)NC2=O)c1cc(F)cc(C(F)(F)F)c1. The van der Waals surface area contributed by atoms with Crippen LogP contribution in [0.5, 0.6) is 5.75 Å². The highest BCUT2D eigenvalue weighted by Crippen LogP contribution is 2.46. The van der Waals surface area contributed by atoms with Gasteiger partial charge in [0.15, 0.2) is 5.75 Å². The Hall–Kier alpha value is -4.07. The monoisotopic (exact) mass is 579 g/mol. The van der Waals surface area contributed by atoms with E-state index in [1.165, 1.54) is 0 Å². The molecule has 6 nitrogen and oxygen atoms in total. The molecule has 0 fully saturated rings. The van der Waals surface area contributed by atoms with Gasteiger partial charge in [0.1, 0.15) is 18.2 Å². The Labute approximate surface area is 218 Å². The highest BCUT2D eigenvalue weighted by molar-refractivity contribution is 6.31. The molecule has 0 radical (unpaired) electrons. The summed E-state index contributed by atoms with van der Waals surface area (Å²) in [5, 5.41) is 16.9. The van der Waals surface area contributed by atoms with Crippen molar-refractivity contribution in [2.75, 3.05) is 17.2 Å². The summed E-state index contributed by atoms with van der Waals surface area (Å²) in [6.45, 7) is -1.67. The number of hydrogen-bond acceptors (Lipinski definition) is 4. The van der Waals surface area contributed by atoms with Crippen molar-refractivity contribution >= 4 is 34.8 Å². The van der Waals surface area contributed by atoms with Crippen molar-refractivity contribution in [1.82, 2.24) is 5.32 Å². The van der Waals surface area contributed by atoms with E-state index in [-0.39, 0.29) is 22.2 Å². The van der Waals surface area contributed by atoms with Crippen LogP contribution in [0.3, 0.4) is 0 Å². The third-order valence-electron chi connectivity index (χ3n) is 5.62. The van der Waals surface area contributed by atoms with Crippen molar-refractivity contribution in [3.63, 3.8) is 0 Å². The molecule has 39 heavy (non-hydrogen) atoms. The average Bonchev–Trinajstić information content (AvgIpc) is 3.17. The van der Waals surface area contributed by atoms with Gasteiger partial charge in [-0.3, -0.25) is 9.59 Å². The number of benzene rings is 3. The normalized spacial score (nSPS) is 15.1. The van der Waals surface area contributed by atoms with E-state index in [9.17, 15) is 49.8 Å². The Morgan fingerprint density at radius 2 is 1.67 bits per heavy atom. The van der Waals surface area contributed by atoms with Gasteiger partial charge >= 0.3 is 12.4 Å². The van der Waals surface area contributed by atoms with Crippen LogP contribution in [0.2, 0.25) is 5.02 Å². The summed E-state index contributed by atoms with van der Waals surface area (Å²) < 4.78 is 106. The summed E-state index contributed by atoms with van der Waals surface area (Å²) in [6.07, 6.45) is -9.79. The van der Waals surface area contributed by atoms with Gasteiger partial charge in [-0.1, -0.05) is 11.6 Å². The van der Waals surface area contributed by atoms with Gasteiger partial charge in [-0.2, -0.15) is 26.3 Å². The Morgan fingerprint density at radius 1 is 0.974 bits per heavy atom. The van der Waals surface area contributed by atoms with Gasteiger partial charge in [0, 0.05) is 27.4 Å². The van der Waals surface area contributed by atoms with Crippen molar-refractivity contribution in [1.29, 1.82) is 0 Å². The minimum absolute atomic E-state index is 0.0696. The van der Waals surface area contributed by atoms with E-state index in [2.05, 4.69) is 10.6 Å². The van der Waals surface area contributed by atoms with E-state index in [0.717, 1.165) is 24.3 Å². The number of halogens is 9. The van der Waals surface area contributed by atoms with Gasteiger partial charge in [0.2, 0.25) is 0 Å². The summed E-state index contributed by atoms with van der Waals surface area (Å²) in [7, 11) is 0. The quantitative estimate of drug-likeness (QED) is 0.160. The minimum atomic E-state index is -5.01. The first kappa shape index (κ1) is 28.0. The molecule has 1 atom stereocenters. The predicted molar refractivity (Wildman–Crippen MR) is 123 cm³/mol. The highest BCUT2D eigenvalue weighted by Gasteiger charge is 2.39. The molecule has 0 aliphatic carbocycles. The lowest BCUT2D eigenvalue weighted by atomic mass is 9.94. The van der Waals surface area contributed by atoms with Crippen molar-refractivity contribution in [3.8, 4) is 5.75 Å². The second kappa shape index (κ2) is 9.91. The summed E-state index contributed by atoms with van der Waals surface area (Å²) in [4.78, 5) is 25.7. The van der Waals surface area contributed by atoms with Gasteiger partial charge in [-0.05, 0) is 42.5 Å². The van der Waals surface area contributed by atoms with Crippen molar-refractivity contribution in [3.05, 3.63) is 86.9 Å². The lowest BCUT2D eigenvalue weighted by Crippen LogP contribution is -2.22. The van der Waals surface area contributed by atoms with E-state index < -0.39 is 82.2 Å². The summed E-state index contributed by atoms with van der Waals surface area (Å²) in [6, 6.07) is 3.47. The summed E-state index contributed by atoms with van der Waals surface area (Å²) in [5.74, 6) is -5.53. The second-order valence-corrected chi connectivity index (χ2v) is 8.74. The number of anilines is 2. The van der Waals surface area contributed by atoms with Crippen LogP contribution >= 0.6 is 11.6 Å². The fourth-order valence-corrected chi connectivity index (χ4v) is 4.20. The van der Waals surface area contributed by atoms with Crippen molar-refractivity contribution in [2.45, 2.75) is 18.4 Å². The van der Waals surface area contributed by atoms with Crippen molar-refractivity contribution < 1.29 is 49.8 Å². The van der Waals surface area contributed by atoms with Crippen LogP contribution < -0.4 is 16.0 Å². The van der Waals surface area contributed by atoms with Crippen LogP contribution in [0.4, 0.5) is 46.5 Å². The molecule has 0 spiro atoms. The molecule has 4 N–H and O–H groups in total. The fraction of sp³-hybridized carbons (Fsp3) is 0.167. The maximum atomic E-state index is 14.0. The first-order valence-electron chi connectivity index (χ1n) is 10.7. The number of fused-ring (bicyclic) bond motifs is 1.